The van der Waals surface area contributed by atoms with E-state index in [1.54, 1.807) is 12.1 Å². The molecule has 106 valence electrons. The summed E-state index contributed by atoms with van der Waals surface area (Å²) in [6.07, 6.45) is 1.26. The lowest BCUT2D eigenvalue weighted by Gasteiger charge is -2.18. The number of hydrogen-bond donors (Lipinski definition) is 1. The number of sulfone groups is 1. The van der Waals surface area contributed by atoms with Gasteiger partial charge in [0.25, 0.3) is 0 Å². The molecule has 1 aromatic rings. The molecule has 0 radical (unpaired) electrons. The van der Waals surface area contributed by atoms with Gasteiger partial charge in [-0.3, -0.25) is 0 Å². The van der Waals surface area contributed by atoms with E-state index in [1.165, 1.54) is 6.07 Å². The van der Waals surface area contributed by atoms with Crippen molar-refractivity contribution in [3.63, 3.8) is 0 Å². The summed E-state index contributed by atoms with van der Waals surface area (Å²) < 4.78 is 35.1. The molecule has 1 unspecified atom stereocenters. The topological polar surface area (TPSA) is 78.6 Å². The van der Waals surface area contributed by atoms with E-state index in [2.05, 4.69) is 0 Å². The second-order valence-corrected chi connectivity index (χ2v) is 6.85. The fourth-order valence-corrected chi connectivity index (χ4v) is 3.27. The highest BCUT2D eigenvalue weighted by molar-refractivity contribution is 7.91. The third kappa shape index (κ3) is 3.61. The van der Waals surface area contributed by atoms with Gasteiger partial charge in [0.05, 0.1) is 10.6 Å². The summed E-state index contributed by atoms with van der Waals surface area (Å²) in [5, 5.41) is 0. The maximum atomic E-state index is 12.2. The van der Waals surface area contributed by atoms with Crippen molar-refractivity contribution >= 4 is 9.84 Å². The summed E-state index contributed by atoms with van der Waals surface area (Å²) in [5.74, 6) is 1.20. The van der Waals surface area contributed by atoms with E-state index in [-0.39, 0.29) is 16.7 Å². The third-order valence-electron chi connectivity index (χ3n) is 2.95. The van der Waals surface area contributed by atoms with Gasteiger partial charge < -0.3 is 15.2 Å². The van der Waals surface area contributed by atoms with E-state index in [9.17, 15) is 8.42 Å². The van der Waals surface area contributed by atoms with Crippen molar-refractivity contribution in [2.24, 2.45) is 5.73 Å². The van der Waals surface area contributed by atoms with Crippen LogP contribution in [0.1, 0.15) is 19.8 Å². The average molecular weight is 285 g/mol. The average Bonchev–Trinajstić information content (AvgIpc) is 2.37. The Hall–Kier alpha value is -1.27. The number of rotatable bonds is 5. The minimum absolute atomic E-state index is 0.0236. The molecule has 0 amide bonds. The molecule has 0 saturated heterocycles. The predicted octanol–water partition coefficient (Wildman–Crippen LogP) is 1.36. The second kappa shape index (κ2) is 5.79. The Balaban J connectivity index is 2.12. The molecule has 19 heavy (non-hydrogen) atoms. The first-order valence-corrected chi connectivity index (χ1v) is 8.02. The number of ether oxygens (including phenoxy) is 2. The highest BCUT2D eigenvalue weighted by Gasteiger charge is 2.19. The lowest BCUT2D eigenvalue weighted by atomic mass is 10.2. The van der Waals surface area contributed by atoms with Crippen molar-refractivity contribution in [2.75, 3.05) is 19.0 Å². The van der Waals surface area contributed by atoms with Crippen LogP contribution < -0.4 is 15.2 Å². The van der Waals surface area contributed by atoms with Crippen molar-refractivity contribution in [1.82, 2.24) is 0 Å². The molecule has 2 N–H and O–H groups in total. The Bertz CT molecular complexity index is 540. The fourth-order valence-electron chi connectivity index (χ4n) is 1.93. The minimum atomic E-state index is -3.28. The summed E-state index contributed by atoms with van der Waals surface area (Å²) >= 11 is 0. The molecule has 1 atom stereocenters. The Morgan fingerprint density at radius 2 is 1.95 bits per heavy atom. The molecule has 1 aliphatic rings. The van der Waals surface area contributed by atoms with E-state index in [4.69, 9.17) is 15.2 Å². The maximum absolute atomic E-state index is 12.2. The van der Waals surface area contributed by atoms with Crippen LogP contribution in [0.5, 0.6) is 11.5 Å². The largest absolute Gasteiger partial charge is 0.486 e. The first-order chi connectivity index (χ1) is 8.99. The van der Waals surface area contributed by atoms with E-state index in [0.29, 0.717) is 37.6 Å². The molecule has 6 heteroatoms. The zero-order valence-corrected chi connectivity index (χ0v) is 11.8. The van der Waals surface area contributed by atoms with Crippen LogP contribution in [0, 0.1) is 0 Å². The first-order valence-electron chi connectivity index (χ1n) is 6.37. The molecule has 1 heterocycles. The second-order valence-electron chi connectivity index (χ2n) is 4.74. The van der Waals surface area contributed by atoms with Crippen LogP contribution >= 0.6 is 0 Å². The molecular formula is C13H19NO4S. The van der Waals surface area contributed by atoms with Crippen LogP contribution in [0.4, 0.5) is 0 Å². The number of nitrogens with two attached hydrogens (primary N) is 1. The molecular weight excluding hydrogens is 266 g/mol. The quantitative estimate of drug-likeness (QED) is 0.883. The molecule has 0 spiro atoms. The Morgan fingerprint density at radius 1 is 1.26 bits per heavy atom. The SMILES string of the molecule is CC(N)CCCS(=O)(=O)c1ccc2c(c1)OCCO2. The fraction of sp³-hybridized carbons (Fsp3) is 0.538. The lowest BCUT2D eigenvalue weighted by molar-refractivity contribution is 0.171. The molecule has 0 bridgehead atoms. The van der Waals surface area contributed by atoms with Crippen LogP contribution in [0.2, 0.25) is 0 Å². The molecule has 0 fully saturated rings. The minimum Gasteiger partial charge on any atom is -0.486 e. The Labute approximate surface area is 113 Å². The van der Waals surface area contributed by atoms with Crippen molar-refractivity contribution in [3.05, 3.63) is 18.2 Å². The molecule has 1 aliphatic heterocycles. The van der Waals surface area contributed by atoms with Gasteiger partial charge in [0.1, 0.15) is 13.2 Å². The van der Waals surface area contributed by atoms with Crippen LogP contribution in [0.25, 0.3) is 0 Å². The number of benzene rings is 1. The molecule has 5 nitrogen and oxygen atoms in total. The van der Waals surface area contributed by atoms with E-state index in [1.807, 2.05) is 6.92 Å². The molecule has 2 rings (SSSR count). The van der Waals surface area contributed by atoms with E-state index < -0.39 is 9.84 Å². The van der Waals surface area contributed by atoms with Crippen molar-refractivity contribution in [3.8, 4) is 11.5 Å². The van der Waals surface area contributed by atoms with Crippen LogP contribution in [-0.4, -0.2) is 33.4 Å². The van der Waals surface area contributed by atoms with Gasteiger partial charge in [-0.15, -0.1) is 0 Å². The van der Waals surface area contributed by atoms with Crippen molar-refractivity contribution in [1.29, 1.82) is 0 Å². The first kappa shape index (κ1) is 14.1. The van der Waals surface area contributed by atoms with Crippen LogP contribution in [0.3, 0.4) is 0 Å². The Kier molecular flexibility index (Phi) is 4.31. The standard InChI is InChI=1S/C13H19NO4S/c1-10(14)3-2-8-19(15,16)11-4-5-12-13(9-11)18-7-6-17-12/h4-5,9-10H,2-3,6-8,14H2,1H3. The van der Waals surface area contributed by atoms with Gasteiger partial charge in [0.2, 0.25) is 0 Å². The van der Waals surface area contributed by atoms with Crippen LogP contribution in [-0.2, 0) is 9.84 Å². The highest BCUT2D eigenvalue weighted by Crippen LogP contribution is 2.32. The van der Waals surface area contributed by atoms with E-state index >= 15 is 0 Å². The Morgan fingerprint density at radius 3 is 2.63 bits per heavy atom. The van der Waals surface area contributed by atoms with Gasteiger partial charge in [-0.1, -0.05) is 0 Å². The van der Waals surface area contributed by atoms with Gasteiger partial charge in [0.15, 0.2) is 21.3 Å². The molecule has 0 saturated carbocycles. The normalized spacial score (nSPS) is 16.1. The highest BCUT2D eigenvalue weighted by atomic mass is 32.2. The summed E-state index contributed by atoms with van der Waals surface area (Å²) in [7, 11) is -3.28. The van der Waals surface area contributed by atoms with Gasteiger partial charge in [-0.25, -0.2) is 8.42 Å². The van der Waals surface area contributed by atoms with Crippen molar-refractivity contribution < 1.29 is 17.9 Å². The van der Waals surface area contributed by atoms with Crippen molar-refractivity contribution in [2.45, 2.75) is 30.7 Å². The molecule has 1 aromatic carbocycles. The smallest absolute Gasteiger partial charge is 0.178 e. The predicted molar refractivity (Wildman–Crippen MR) is 72.4 cm³/mol. The van der Waals surface area contributed by atoms with Crippen LogP contribution in [0.15, 0.2) is 23.1 Å². The maximum Gasteiger partial charge on any atom is 0.178 e. The lowest BCUT2D eigenvalue weighted by Crippen LogP contribution is -2.18. The summed E-state index contributed by atoms with van der Waals surface area (Å²) in [6.45, 7) is 2.81. The van der Waals surface area contributed by atoms with Gasteiger partial charge in [0, 0.05) is 12.1 Å². The monoisotopic (exact) mass is 285 g/mol. The zero-order chi connectivity index (χ0) is 13.9. The number of hydrogen-bond acceptors (Lipinski definition) is 5. The number of fused-ring (bicyclic) bond motifs is 1. The summed E-state index contributed by atoms with van der Waals surface area (Å²) in [4.78, 5) is 0.279. The van der Waals surface area contributed by atoms with E-state index in [0.717, 1.165) is 0 Å². The molecule has 0 aliphatic carbocycles. The summed E-state index contributed by atoms with van der Waals surface area (Å²) in [5.41, 5.74) is 5.62. The third-order valence-corrected chi connectivity index (χ3v) is 4.74. The molecule has 0 aromatic heterocycles. The van der Waals surface area contributed by atoms with Gasteiger partial charge in [-0.05, 0) is 31.9 Å². The summed E-state index contributed by atoms with van der Waals surface area (Å²) in [6, 6.07) is 4.77. The zero-order valence-electron chi connectivity index (χ0n) is 11.0. The van der Waals surface area contributed by atoms with Gasteiger partial charge in [-0.2, -0.15) is 0 Å². The van der Waals surface area contributed by atoms with Gasteiger partial charge >= 0.3 is 0 Å².